The Morgan fingerprint density at radius 1 is 0.605 bits per heavy atom. The average molecular weight is 553 g/mol. The first-order valence-electron chi connectivity index (χ1n) is 12.6. The minimum Gasteiger partial charge on any atom is -0.373 e. The van der Waals surface area contributed by atoms with Gasteiger partial charge >= 0.3 is 16.4 Å². The van der Waals surface area contributed by atoms with Gasteiger partial charge in [0.25, 0.3) is 0 Å². The maximum Gasteiger partial charge on any atom is 0.536 e. The van der Waals surface area contributed by atoms with Crippen LogP contribution in [0.2, 0.25) is 0 Å². The summed E-state index contributed by atoms with van der Waals surface area (Å²) in [7, 11) is -1.09. The molecule has 0 unspecified atom stereocenters. The molecule has 8 heteroatoms. The van der Waals surface area contributed by atoms with Crippen LogP contribution in [0.3, 0.4) is 0 Å². The third-order valence-electron chi connectivity index (χ3n) is 5.95. The van der Waals surface area contributed by atoms with Crippen molar-refractivity contribution in [2.75, 3.05) is 34.5 Å². The van der Waals surface area contributed by atoms with E-state index in [-0.39, 0.29) is 6.16 Å². The summed E-state index contributed by atoms with van der Waals surface area (Å²) in [5.74, 6) is 0. The van der Waals surface area contributed by atoms with Crippen LogP contribution in [0.25, 0.3) is 24.3 Å². The zero-order valence-electron chi connectivity index (χ0n) is 22.8. The Labute approximate surface area is 227 Å². The lowest BCUT2D eigenvalue weighted by molar-refractivity contribution is 0.140. The molecule has 0 fully saturated rings. The van der Waals surface area contributed by atoms with Gasteiger partial charge in [0, 0.05) is 26.5 Å². The van der Waals surface area contributed by atoms with Crippen molar-refractivity contribution in [1.29, 1.82) is 0 Å². The highest BCUT2D eigenvalue weighted by Gasteiger charge is 2.40. The third kappa shape index (κ3) is 8.19. The maximum atomic E-state index is 12.7. The molecule has 3 aromatic carbocycles. The Morgan fingerprint density at radius 2 is 0.947 bits per heavy atom. The molecule has 0 atom stereocenters. The lowest BCUT2D eigenvalue weighted by Crippen LogP contribution is -2.54. The molecule has 0 aromatic heterocycles. The van der Waals surface area contributed by atoms with Gasteiger partial charge in [-0.25, -0.2) is 0 Å². The van der Waals surface area contributed by atoms with Gasteiger partial charge in [-0.15, -0.1) is 0 Å². The third-order valence-corrected chi connectivity index (χ3v) is 10.7. The van der Waals surface area contributed by atoms with Crippen LogP contribution in [0.1, 0.15) is 41.7 Å². The van der Waals surface area contributed by atoms with E-state index in [9.17, 15) is 4.57 Å². The molecule has 0 saturated heterocycles. The summed E-state index contributed by atoms with van der Waals surface area (Å²) in [6.07, 6.45) is 8.56. The summed E-state index contributed by atoms with van der Waals surface area (Å²) >= 11 is 0. The highest BCUT2D eigenvalue weighted by Crippen LogP contribution is 2.51. The predicted octanol–water partition coefficient (Wildman–Crippen LogP) is 6.88. The van der Waals surface area contributed by atoms with Crippen molar-refractivity contribution in [2.24, 2.45) is 0 Å². The molecule has 0 N–H and O–H groups in total. The van der Waals surface area contributed by atoms with E-state index in [1.54, 1.807) is 21.3 Å². The number of hydrogen-bond acceptors (Lipinski definition) is 6. The lowest BCUT2D eigenvalue weighted by atomic mass is 10.1. The average Bonchev–Trinajstić information content (AvgIpc) is 2.94. The highest BCUT2D eigenvalue weighted by atomic mass is 31.2. The van der Waals surface area contributed by atoms with Crippen LogP contribution in [0.4, 0.5) is 0 Å². The summed E-state index contributed by atoms with van der Waals surface area (Å²) in [5, 5.41) is 0.920. The fourth-order valence-corrected chi connectivity index (χ4v) is 7.47. The lowest BCUT2D eigenvalue weighted by Gasteiger charge is -2.24. The van der Waals surface area contributed by atoms with Crippen molar-refractivity contribution in [2.45, 2.75) is 20.0 Å². The maximum absolute atomic E-state index is 12.7. The zero-order valence-corrected chi connectivity index (χ0v) is 24.7. The van der Waals surface area contributed by atoms with Crippen molar-refractivity contribution in [3.63, 3.8) is 0 Å². The van der Waals surface area contributed by atoms with Gasteiger partial charge < -0.3 is 22.3 Å². The first-order valence-corrected chi connectivity index (χ1v) is 16.0. The van der Waals surface area contributed by atoms with E-state index < -0.39 is 16.4 Å². The monoisotopic (exact) mass is 552 g/mol. The number of benzene rings is 3. The largest absolute Gasteiger partial charge is 0.536 e. The summed E-state index contributed by atoms with van der Waals surface area (Å²) in [4.78, 5) is 0. The van der Waals surface area contributed by atoms with Gasteiger partial charge in [-0.2, -0.15) is 0 Å². The Hall–Kier alpha value is -2.61. The molecule has 6 nitrogen and oxygen atoms in total. The van der Waals surface area contributed by atoms with Gasteiger partial charge in [0.05, 0.1) is 19.4 Å². The second kappa shape index (κ2) is 14.5. The fraction of sp³-hybridized carbons (Fsp3) is 0.267. The van der Waals surface area contributed by atoms with E-state index in [0.717, 1.165) is 33.0 Å². The van der Waals surface area contributed by atoms with E-state index in [1.165, 1.54) is 0 Å². The van der Waals surface area contributed by atoms with Crippen molar-refractivity contribution in [1.82, 2.24) is 0 Å². The highest BCUT2D eigenvalue weighted by molar-refractivity contribution is 7.53. The van der Waals surface area contributed by atoms with Gasteiger partial charge in [-0.05, 0) is 41.7 Å². The first kappa shape index (κ1) is 29.9. The molecule has 3 aromatic rings. The topological polar surface area (TPSA) is 63.2 Å². The second-order valence-electron chi connectivity index (χ2n) is 8.47. The van der Waals surface area contributed by atoms with Crippen LogP contribution in [-0.2, 0) is 33.1 Å². The van der Waals surface area contributed by atoms with Gasteiger partial charge in [0.15, 0.2) is 0 Å². The molecular formula is C30H37O6PSi. The van der Waals surface area contributed by atoms with E-state index in [0.29, 0.717) is 13.2 Å². The van der Waals surface area contributed by atoms with Crippen LogP contribution in [0.5, 0.6) is 0 Å². The van der Waals surface area contributed by atoms with Crippen molar-refractivity contribution < 1.29 is 26.9 Å². The summed E-state index contributed by atoms with van der Waals surface area (Å²) < 4.78 is 40.2. The van der Waals surface area contributed by atoms with Crippen LogP contribution >= 0.6 is 7.60 Å². The Bertz CT molecular complexity index is 1210. The quantitative estimate of drug-likeness (QED) is 0.123. The van der Waals surface area contributed by atoms with Gasteiger partial charge in [0.1, 0.15) is 0 Å². The van der Waals surface area contributed by atoms with Crippen molar-refractivity contribution in [3.8, 4) is 0 Å². The standard InChI is InChI=1S/C30H37O6PSi/c1-6-35-37(31,36-7-2)24-29-18-16-27(17-19-29)13-12-25-8-10-26(11-9-25)14-15-28-20-22-30(23-21-28)38(32-3,33-4)34-5/h8-23H,6-7,24H2,1-5H3/b13-12+,15-14+. The van der Waals surface area contributed by atoms with Crippen LogP contribution < -0.4 is 5.19 Å². The van der Waals surface area contributed by atoms with E-state index in [1.807, 2.05) is 62.4 Å². The summed E-state index contributed by atoms with van der Waals surface area (Å²) in [6, 6.07) is 24.3. The van der Waals surface area contributed by atoms with E-state index in [2.05, 4.69) is 48.6 Å². The van der Waals surface area contributed by atoms with E-state index >= 15 is 0 Å². The van der Waals surface area contributed by atoms with Crippen molar-refractivity contribution in [3.05, 3.63) is 101 Å². The normalized spacial score (nSPS) is 12.6. The molecule has 0 spiro atoms. The molecule has 0 amide bonds. The van der Waals surface area contributed by atoms with Gasteiger partial charge in [-0.1, -0.05) is 97.1 Å². The minimum absolute atomic E-state index is 0.272. The Balaban J connectivity index is 1.60. The van der Waals surface area contributed by atoms with Gasteiger partial charge in [0.2, 0.25) is 0 Å². The molecule has 0 aliphatic heterocycles. The minimum atomic E-state index is -3.10. The van der Waals surface area contributed by atoms with Crippen LogP contribution in [0.15, 0.2) is 72.8 Å². The molecule has 0 saturated carbocycles. The molecule has 0 aliphatic rings. The summed E-state index contributed by atoms with van der Waals surface area (Å²) in [5.41, 5.74) is 5.28. The molecule has 0 radical (unpaired) electrons. The second-order valence-corrected chi connectivity index (χ2v) is 13.4. The van der Waals surface area contributed by atoms with Crippen molar-refractivity contribution >= 4 is 45.9 Å². The Morgan fingerprint density at radius 3 is 1.29 bits per heavy atom. The van der Waals surface area contributed by atoms with Crippen LogP contribution in [0, 0.1) is 0 Å². The zero-order chi connectivity index (χ0) is 27.4. The molecule has 38 heavy (non-hydrogen) atoms. The van der Waals surface area contributed by atoms with Gasteiger partial charge in [-0.3, -0.25) is 4.57 Å². The first-order chi connectivity index (χ1) is 18.4. The smallest absolute Gasteiger partial charge is 0.373 e. The molecule has 0 aliphatic carbocycles. The molecule has 202 valence electrons. The summed E-state index contributed by atoms with van der Waals surface area (Å²) in [6.45, 7) is 4.36. The fourth-order valence-electron chi connectivity index (χ4n) is 3.98. The number of rotatable bonds is 14. The molecular weight excluding hydrogens is 515 g/mol. The SMILES string of the molecule is CCOP(=O)(Cc1ccc(/C=C/c2ccc(/C=C/c3ccc([Si](OC)(OC)OC)cc3)cc2)cc1)OCC. The van der Waals surface area contributed by atoms with E-state index in [4.69, 9.17) is 22.3 Å². The van der Waals surface area contributed by atoms with Crippen LogP contribution in [-0.4, -0.2) is 43.3 Å². The molecule has 0 bridgehead atoms. The Kier molecular flexibility index (Phi) is 11.4. The molecule has 0 heterocycles. The molecule has 3 rings (SSSR count). The predicted molar refractivity (Wildman–Crippen MR) is 158 cm³/mol. The number of hydrogen-bond donors (Lipinski definition) is 0.